The highest BCUT2D eigenvalue weighted by Gasteiger charge is 2.37. The van der Waals surface area contributed by atoms with Gasteiger partial charge in [-0.25, -0.2) is 9.78 Å². The highest BCUT2D eigenvalue weighted by Crippen LogP contribution is 2.48. The Bertz CT molecular complexity index is 2370. The summed E-state index contributed by atoms with van der Waals surface area (Å²) in [5, 5.41) is 18.3. The van der Waals surface area contributed by atoms with Gasteiger partial charge in [0.2, 0.25) is 0 Å². The van der Waals surface area contributed by atoms with Gasteiger partial charge in [-0.05, 0) is 87.4 Å². The Morgan fingerprint density at radius 2 is 1.59 bits per heavy atom. The summed E-state index contributed by atoms with van der Waals surface area (Å²) in [6, 6.07) is 32.0. The lowest BCUT2D eigenvalue weighted by Gasteiger charge is -2.41. The van der Waals surface area contributed by atoms with Crippen LogP contribution in [0.15, 0.2) is 122 Å². The molecule has 2 heterocycles. The van der Waals surface area contributed by atoms with Crippen molar-refractivity contribution in [3.05, 3.63) is 155 Å². The summed E-state index contributed by atoms with van der Waals surface area (Å²) in [4.78, 5) is 35.5. The van der Waals surface area contributed by atoms with Crippen molar-refractivity contribution in [1.29, 1.82) is 0 Å². The number of nitrogens with one attached hydrogen (secondary N) is 1. The molecule has 0 aliphatic heterocycles. The smallest absolute Gasteiger partial charge is 0.337 e. The van der Waals surface area contributed by atoms with Gasteiger partial charge < -0.3 is 10.4 Å². The highest BCUT2D eigenvalue weighted by molar-refractivity contribution is 6.37. The minimum Gasteiger partial charge on any atom is -0.478 e. The van der Waals surface area contributed by atoms with Crippen molar-refractivity contribution in [3.8, 4) is 0 Å². The molecule has 5 aromatic carbocycles. The van der Waals surface area contributed by atoms with Crippen molar-refractivity contribution < 1.29 is 14.7 Å². The predicted molar refractivity (Wildman–Crippen MR) is 196 cm³/mol. The van der Waals surface area contributed by atoms with E-state index in [1.807, 2.05) is 30.3 Å². The SMILES string of the molecule is CC1(C)Cc2c(ccc3c2cc(Cl)c2ccccc23)CC1c1cccc(NC(=O)c2cnccn2)c1.O=C(O)c1cccc2cccnc12. The second kappa shape index (κ2) is 13.1. The molecule has 7 aromatic rings. The fourth-order valence-corrected chi connectivity index (χ4v) is 7.28. The number of carbonyl (C=O) groups is 2. The predicted octanol–water partition coefficient (Wildman–Crippen LogP) is 9.53. The van der Waals surface area contributed by atoms with E-state index in [1.54, 1.807) is 30.6 Å². The van der Waals surface area contributed by atoms with E-state index in [0.29, 0.717) is 17.1 Å². The average Bonchev–Trinajstić information content (AvgIpc) is 3.11. The number of carbonyl (C=O) groups excluding carboxylic acids is 1. The summed E-state index contributed by atoms with van der Waals surface area (Å²) in [5.74, 6) is -0.889. The molecule has 2 N–H and O–H groups in total. The lowest BCUT2D eigenvalue weighted by Crippen LogP contribution is -2.31. The standard InChI is InChI=1S/C31H26ClN3O.C10H7NO2/c1-31(2)17-26-19(10-11-23-22-8-3-4-9-24(22)28(32)16-25(23)26)15-27(31)20-6-5-7-21(14-20)35-30(36)29-18-33-12-13-34-29;12-10(13)8-5-1-3-7-4-2-6-11-9(7)8/h3-14,16,18,27H,15,17H2,1-2H3,(H,35,36);1-6H,(H,12,13). The molecule has 8 heteroatoms. The number of hydrogen-bond donors (Lipinski definition) is 2. The summed E-state index contributed by atoms with van der Waals surface area (Å²) < 4.78 is 0. The van der Waals surface area contributed by atoms with Crippen molar-refractivity contribution in [2.24, 2.45) is 5.41 Å². The molecule has 0 bridgehead atoms. The fraction of sp³-hybridized carbons (Fsp3) is 0.146. The van der Waals surface area contributed by atoms with Gasteiger partial charge in [0.05, 0.1) is 17.3 Å². The molecule has 1 aliphatic rings. The second-order valence-electron chi connectivity index (χ2n) is 13.0. The fourth-order valence-electron chi connectivity index (χ4n) is 7.01. The molecule has 2 aromatic heterocycles. The molecular formula is C41H33ClN4O3. The number of halogens is 1. The first-order chi connectivity index (χ1) is 23.7. The summed E-state index contributed by atoms with van der Waals surface area (Å²) in [7, 11) is 0. The van der Waals surface area contributed by atoms with Crippen LogP contribution < -0.4 is 5.32 Å². The first-order valence-electron chi connectivity index (χ1n) is 16.1. The summed E-state index contributed by atoms with van der Waals surface area (Å²) in [6.07, 6.45) is 8.03. The molecule has 1 atom stereocenters. The minimum absolute atomic E-state index is 0.0208. The Kier molecular flexibility index (Phi) is 8.53. The number of benzene rings is 5. The zero-order chi connectivity index (χ0) is 34.1. The van der Waals surface area contributed by atoms with E-state index in [2.05, 4.69) is 82.6 Å². The largest absolute Gasteiger partial charge is 0.478 e. The van der Waals surface area contributed by atoms with Crippen LogP contribution in [-0.4, -0.2) is 31.9 Å². The Morgan fingerprint density at radius 1 is 0.816 bits per heavy atom. The Morgan fingerprint density at radius 3 is 2.39 bits per heavy atom. The molecule has 0 radical (unpaired) electrons. The van der Waals surface area contributed by atoms with Crippen LogP contribution in [0.4, 0.5) is 5.69 Å². The van der Waals surface area contributed by atoms with Gasteiger partial charge in [-0.2, -0.15) is 0 Å². The van der Waals surface area contributed by atoms with Crippen LogP contribution in [0.1, 0.15) is 57.3 Å². The van der Waals surface area contributed by atoms with Gasteiger partial charge in [0.1, 0.15) is 5.69 Å². The number of anilines is 1. The van der Waals surface area contributed by atoms with Crippen molar-refractivity contribution in [2.75, 3.05) is 5.32 Å². The van der Waals surface area contributed by atoms with Crippen molar-refractivity contribution in [1.82, 2.24) is 15.0 Å². The number of hydrogen-bond acceptors (Lipinski definition) is 5. The van der Waals surface area contributed by atoms with E-state index in [4.69, 9.17) is 16.7 Å². The van der Waals surface area contributed by atoms with E-state index in [-0.39, 0.29) is 16.9 Å². The van der Waals surface area contributed by atoms with E-state index in [0.717, 1.165) is 34.3 Å². The molecule has 0 fully saturated rings. The second-order valence-corrected chi connectivity index (χ2v) is 13.4. The lowest BCUT2D eigenvalue weighted by molar-refractivity contribution is 0.0698. The maximum absolute atomic E-state index is 12.6. The quantitative estimate of drug-likeness (QED) is 0.182. The Balaban J connectivity index is 0.000000244. The topological polar surface area (TPSA) is 105 Å². The molecule has 0 spiro atoms. The molecule has 1 aliphatic carbocycles. The van der Waals surface area contributed by atoms with E-state index in [9.17, 15) is 9.59 Å². The molecule has 49 heavy (non-hydrogen) atoms. The Hall–Kier alpha value is -5.66. The number of aromatic carboxylic acids is 1. The first-order valence-corrected chi connectivity index (χ1v) is 16.4. The van der Waals surface area contributed by atoms with Gasteiger partial charge in [-0.3, -0.25) is 14.8 Å². The number of pyridine rings is 1. The van der Waals surface area contributed by atoms with Crippen LogP contribution in [-0.2, 0) is 12.8 Å². The molecule has 8 rings (SSSR count). The Labute approximate surface area is 288 Å². The summed E-state index contributed by atoms with van der Waals surface area (Å²) in [5.41, 5.74) is 5.86. The first kappa shape index (κ1) is 31.9. The molecule has 1 unspecified atom stereocenters. The van der Waals surface area contributed by atoms with Gasteiger partial charge in [-0.15, -0.1) is 0 Å². The van der Waals surface area contributed by atoms with E-state index < -0.39 is 5.97 Å². The van der Waals surface area contributed by atoms with Crippen molar-refractivity contribution in [2.45, 2.75) is 32.6 Å². The number of aromatic nitrogens is 3. The number of fused-ring (bicyclic) bond motifs is 6. The normalized spacial score (nSPS) is 14.9. The zero-order valence-corrected chi connectivity index (χ0v) is 27.8. The monoisotopic (exact) mass is 664 g/mol. The van der Waals surface area contributed by atoms with Crippen LogP contribution in [0, 0.1) is 5.41 Å². The van der Waals surface area contributed by atoms with Gasteiger partial charge in [-0.1, -0.05) is 92.2 Å². The molecule has 0 saturated carbocycles. The van der Waals surface area contributed by atoms with Crippen molar-refractivity contribution >= 4 is 61.6 Å². The number of rotatable bonds is 4. The molecule has 0 saturated heterocycles. The third kappa shape index (κ3) is 6.33. The highest BCUT2D eigenvalue weighted by atomic mass is 35.5. The van der Waals surface area contributed by atoms with Gasteiger partial charge in [0.25, 0.3) is 5.91 Å². The molecule has 7 nitrogen and oxygen atoms in total. The number of amides is 1. The van der Waals surface area contributed by atoms with Gasteiger partial charge >= 0.3 is 5.97 Å². The third-order valence-electron chi connectivity index (χ3n) is 9.41. The van der Waals surface area contributed by atoms with Crippen LogP contribution in [0.25, 0.3) is 32.4 Å². The van der Waals surface area contributed by atoms with Crippen LogP contribution in [0.3, 0.4) is 0 Å². The molecule has 242 valence electrons. The van der Waals surface area contributed by atoms with Gasteiger partial charge in [0.15, 0.2) is 0 Å². The van der Waals surface area contributed by atoms with Crippen LogP contribution >= 0.6 is 11.6 Å². The van der Waals surface area contributed by atoms with E-state index >= 15 is 0 Å². The van der Waals surface area contributed by atoms with Crippen LogP contribution in [0.2, 0.25) is 5.02 Å². The lowest BCUT2D eigenvalue weighted by atomic mass is 9.63. The number of nitrogens with zero attached hydrogens (tertiary/aromatic N) is 3. The zero-order valence-electron chi connectivity index (χ0n) is 27.0. The maximum atomic E-state index is 12.6. The average molecular weight is 665 g/mol. The van der Waals surface area contributed by atoms with Gasteiger partial charge in [0, 0.05) is 40.1 Å². The maximum Gasteiger partial charge on any atom is 0.337 e. The van der Waals surface area contributed by atoms with Crippen molar-refractivity contribution in [3.63, 3.8) is 0 Å². The van der Waals surface area contributed by atoms with Crippen LogP contribution in [0.5, 0.6) is 0 Å². The summed E-state index contributed by atoms with van der Waals surface area (Å²) in [6.45, 7) is 4.68. The number of carboxylic acid groups (broad SMARTS) is 1. The van der Waals surface area contributed by atoms with E-state index in [1.165, 1.54) is 45.2 Å². The minimum atomic E-state index is -0.940. The number of carboxylic acids is 1. The molecular weight excluding hydrogens is 632 g/mol. The summed E-state index contributed by atoms with van der Waals surface area (Å²) >= 11 is 6.73. The number of para-hydroxylation sites is 1. The molecule has 1 amide bonds. The third-order valence-corrected chi connectivity index (χ3v) is 9.72.